The molecule has 0 spiro atoms. The molecule has 1 unspecified atom stereocenters. The van der Waals surface area contributed by atoms with Gasteiger partial charge < -0.3 is 34.8 Å². The van der Waals surface area contributed by atoms with E-state index >= 15 is 0 Å². The van der Waals surface area contributed by atoms with E-state index in [4.69, 9.17) is 29.7 Å². The van der Waals surface area contributed by atoms with E-state index in [1.165, 1.54) is 7.11 Å². The summed E-state index contributed by atoms with van der Waals surface area (Å²) >= 11 is 0. The smallest absolute Gasteiger partial charge is 0.681 e. The van der Waals surface area contributed by atoms with Crippen molar-refractivity contribution in [2.75, 3.05) is 13.7 Å². The number of fused-ring (bicyclic) bond motifs is 8. The van der Waals surface area contributed by atoms with E-state index in [2.05, 4.69) is 6.58 Å². The largest absolute Gasteiger partial charge is 2.00 e. The molecule has 3 aromatic heterocycles. The average molecular weight is 713 g/mol. The van der Waals surface area contributed by atoms with Crippen LogP contribution in [-0.2, 0) is 25.5 Å². The van der Waals surface area contributed by atoms with Crippen molar-refractivity contribution in [1.29, 1.82) is 0 Å². The van der Waals surface area contributed by atoms with Crippen LogP contribution in [0.3, 0.4) is 0 Å². The van der Waals surface area contributed by atoms with Crippen LogP contribution in [0.15, 0.2) is 23.9 Å². The Balaban J connectivity index is 0.00000523. The Kier molecular flexibility index (Phi) is 11.6. The summed E-state index contributed by atoms with van der Waals surface area (Å²) in [5, 5.41) is 17.7. The third-order valence-corrected chi connectivity index (χ3v) is 10.8. The Hall–Kier alpha value is -4.48. The molecule has 3 aliphatic rings. The standard InChI is InChI=1S/C41H44N4O6.Mg/c1-9-20(4)14-15-51-34(47)13-12-26-22(6)29-16-28-21(5)24(10-2)31(42-28)18-33-27(19-46)25(11-3)32(43-33)17-30-23(7)35-39(45-30)36(38(26)44-29)37(40(35)48)41(49)50-8;/h10,14,16-19,22,26,37-38H,2,9,11-13,15H2,1,3-8H3,(H,46,48);/q-4;+2/b20-14+,29-16+,33-18-;/t22-,26-,37+,38?;/m0./s1. The zero-order chi connectivity index (χ0) is 36.7. The summed E-state index contributed by atoms with van der Waals surface area (Å²) < 4.78 is 10.7. The van der Waals surface area contributed by atoms with E-state index in [1.54, 1.807) is 6.08 Å². The molecule has 268 valence electrons. The third kappa shape index (κ3) is 6.64. The molecule has 0 radical (unpaired) electrons. The molecule has 3 aromatic rings. The number of rotatable bonds is 9. The molecule has 10 nitrogen and oxygen atoms in total. The van der Waals surface area contributed by atoms with Gasteiger partial charge in [0.15, 0.2) is 5.78 Å². The molecule has 0 saturated carbocycles. The van der Waals surface area contributed by atoms with Crippen LogP contribution in [0.1, 0.15) is 96.7 Å². The van der Waals surface area contributed by atoms with Gasteiger partial charge in [-0.05, 0) is 68.7 Å². The van der Waals surface area contributed by atoms with E-state index in [1.807, 2.05) is 65.8 Å². The molecule has 2 aliphatic heterocycles. The average Bonchev–Trinajstić information content (AvgIpc) is 3.87. The van der Waals surface area contributed by atoms with Gasteiger partial charge in [0, 0.05) is 12.0 Å². The van der Waals surface area contributed by atoms with Gasteiger partial charge in [-0.1, -0.05) is 85.5 Å². The van der Waals surface area contributed by atoms with Crippen molar-refractivity contribution in [1.82, 2.24) is 15.0 Å². The molecule has 1 aliphatic carbocycles. The maximum Gasteiger partial charge on any atom is 2.00 e. The fraction of sp³-hybridized carbons (Fsp3) is 0.390. The van der Waals surface area contributed by atoms with Gasteiger partial charge in [-0.25, -0.2) is 0 Å². The minimum Gasteiger partial charge on any atom is -0.681 e. The molecule has 1 saturated heterocycles. The van der Waals surface area contributed by atoms with E-state index in [0.29, 0.717) is 67.9 Å². The fourth-order valence-electron chi connectivity index (χ4n) is 7.63. The number of esters is 2. The Labute approximate surface area is 319 Å². The van der Waals surface area contributed by atoms with Gasteiger partial charge in [-0.3, -0.25) is 14.4 Å². The van der Waals surface area contributed by atoms with Crippen LogP contribution in [0, 0.1) is 31.6 Å². The molecule has 52 heavy (non-hydrogen) atoms. The number of aliphatic hydroxyl groups is 1. The van der Waals surface area contributed by atoms with Crippen molar-refractivity contribution < 1.29 is 29.0 Å². The first-order valence-corrected chi connectivity index (χ1v) is 17.5. The first kappa shape index (κ1) is 38.7. The predicted octanol–water partition coefficient (Wildman–Crippen LogP) is 3.13. The van der Waals surface area contributed by atoms with Crippen LogP contribution in [0.2, 0.25) is 0 Å². The second-order valence-electron chi connectivity index (χ2n) is 13.5. The molecule has 4 atom stereocenters. The zero-order valence-corrected chi connectivity index (χ0v) is 32.4. The van der Waals surface area contributed by atoms with Crippen LogP contribution >= 0.6 is 0 Å². The summed E-state index contributed by atoms with van der Waals surface area (Å²) in [5.41, 5.74) is 7.85. The SMILES string of the molecule is C=Cc1c2[n-]c(c1C)/C=C1/[N-]C(C3=c4[n-]/c(c(C)c4C(=O)[C@@H]3C(=O)OC)=C\c3[n-]c(/c(=C\O)c3CC)=C\2)[C@@H](CCC(=O)OC/C=C(\C)CC)[C@@H]1C.[Mg+2]. The summed E-state index contributed by atoms with van der Waals surface area (Å²) in [6.45, 7) is 16.1. The Morgan fingerprint density at radius 1 is 1.02 bits per heavy atom. The maximum absolute atomic E-state index is 14.2. The summed E-state index contributed by atoms with van der Waals surface area (Å²) in [4.78, 5) is 55.5. The fourth-order valence-corrected chi connectivity index (χ4v) is 7.63. The molecule has 8 bridgehead atoms. The molecule has 1 N–H and O–H groups in total. The number of ketones is 1. The predicted molar refractivity (Wildman–Crippen MR) is 202 cm³/mol. The Morgan fingerprint density at radius 2 is 1.75 bits per heavy atom. The van der Waals surface area contributed by atoms with Crippen molar-refractivity contribution >= 4 is 76.9 Å². The summed E-state index contributed by atoms with van der Waals surface area (Å²) in [6.07, 6.45) is 12.3. The van der Waals surface area contributed by atoms with E-state index in [-0.39, 0.29) is 59.7 Å². The number of methoxy groups -OCH3 is 1. The van der Waals surface area contributed by atoms with Gasteiger partial charge in [0.2, 0.25) is 0 Å². The number of nitrogens with zero attached hydrogens (tertiary/aromatic N) is 4. The maximum atomic E-state index is 14.2. The summed E-state index contributed by atoms with van der Waals surface area (Å²) in [5.74, 6) is -3.03. The van der Waals surface area contributed by atoms with Gasteiger partial charge in [0.05, 0.1) is 13.4 Å². The minimum atomic E-state index is -1.21. The molecule has 6 rings (SSSR count). The van der Waals surface area contributed by atoms with Crippen molar-refractivity contribution in [3.63, 3.8) is 0 Å². The number of carbonyl (C=O) groups is 3. The Bertz CT molecular complexity index is 2270. The monoisotopic (exact) mass is 712 g/mol. The topological polar surface area (TPSA) is 146 Å². The van der Waals surface area contributed by atoms with Crippen molar-refractivity contribution in [2.24, 2.45) is 17.8 Å². The zero-order valence-electron chi connectivity index (χ0n) is 31.0. The van der Waals surface area contributed by atoms with Crippen LogP contribution < -0.4 is 36.2 Å². The second kappa shape index (κ2) is 15.6. The molecule has 11 heteroatoms. The van der Waals surface area contributed by atoms with E-state index < -0.39 is 17.9 Å². The number of allylic oxidation sites excluding steroid dienone is 2. The van der Waals surface area contributed by atoms with Gasteiger partial charge in [-0.15, -0.1) is 33.1 Å². The first-order valence-electron chi connectivity index (χ1n) is 17.5. The number of hydrogen-bond acceptors (Lipinski definition) is 6. The number of aromatic nitrogens is 3. The Morgan fingerprint density at radius 3 is 2.40 bits per heavy atom. The van der Waals surface area contributed by atoms with Gasteiger partial charge >= 0.3 is 35.0 Å². The number of carbonyl (C=O) groups excluding carboxylic acids is 3. The number of Topliss-reactive ketones (excluding diaryl/α,β-unsaturated/α-hetero) is 1. The number of hydrogen-bond donors (Lipinski definition) is 1. The first-order chi connectivity index (χ1) is 24.5. The van der Waals surface area contributed by atoms with Gasteiger partial charge in [0.1, 0.15) is 12.5 Å². The second-order valence-corrected chi connectivity index (χ2v) is 13.5. The van der Waals surface area contributed by atoms with Gasteiger partial charge in [0.25, 0.3) is 0 Å². The van der Waals surface area contributed by atoms with Crippen molar-refractivity contribution in [3.05, 3.63) is 95.4 Å². The molecule has 0 aromatic carbocycles. The van der Waals surface area contributed by atoms with Crippen LogP contribution in [0.25, 0.3) is 41.5 Å². The van der Waals surface area contributed by atoms with E-state index in [9.17, 15) is 19.5 Å². The summed E-state index contributed by atoms with van der Waals surface area (Å²) in [6, 6.07) is -0.642. The number of ether oxygens (including phenoxy) is 2. The van der Waals surface area contributed by atoms with E-state index in [0.717, 1.165) is 40.6 Å². The molecular formula is C41H44MgN4O6-2. The van der Waals surface area contributed by atoms with Crippen molar-refractivity contribution in [3.8, 4) is 0 Å². The van der Waals surface area contributed by atoms with Crippen LogP contribution in [-0.4, -0.2) is 65.6 Å². The molecule has 1 fully saturated rings. The van der Waals surface area contributed by atoms with Crippen LogP contribution in [0.5, 0.6) is 0 Å². The normalized spacial score (nSPS) is 23.1. The number of aliphatic hydroxyl groups excluding tert-OH is 1. The molecule has 0 amide bonds. The quantitative estimate of drug-likeness (QED) is 0.153. The molecule has 5 heterocycles. The van der Waals surface area contributed by atoms with Crippen molar-refractivity contribution in [2.45, 2.75) is 73.3 Å². The van der Waals surface area contributed by atoms with Crippen LogP contribution in [0.4, 0.5) is 0 Å². The van der Waals surface area contributed by atoms with Gasteiger partial charge in [-0.2, -0.15) is 5.70 Å². The third-order valence-electron chi connectivity index (χ3n) is 10.8. The summed E-state index contributed by atoms with van der Waals surface area (Å²) in [7, 11) is 1.27. The minimum absolute atomic E-state index is 0. The molecular weight excluding hydrogens is 669 g/mol.